The highest BCUT2D eigenvalue weighted by molar-refractivity contribution is 6.31. The summed E-state index contributed by atoms with van der Waals surface area (Å²) in [5, 5.41) is 0.576. The van der Waals surface area contributed by atoms with Gasteiger partial charge in [-0.1, -0.05) is 31.0 Å². The van der Waals surface area contributed by atoms with E-state index in [4.69, 9.17) is 11.6 Å². The maximum atomic E-state index is 13.3. The van der Waals surface area contributed by atoms with Gasteiger partial charge in [-0.3, -0.25) is 9.80 Å². The van der Waals surface area contributed by atoms with Gasteiger partial charge in [-0.05, 0) is 45.4 Å². The number of hydrogen-bond acceptors (Lipinski definition) is 5. The van der Waals surface area contributed by atoms with Crippen molar-refractivity contribution in [3.8, 4) is 0 Å². The van der Waals surface area contributed by atoms with Crippen LogP contribution in [-0.2, 0) is 0 Å². The zero-order valence-electron chi connectivity index (χ0n) is 18.5. The quantitative estimate of drug-likeness (QED) is 0.488. The molecule has 0 atom stereocenters. The Kier molecular flexibility index (Phi) is 9.05. The average molecular weight is 431 g/mol. The predicted octanol–water partition coefficient (Wildman–Crippen LogP) is 5.56. The number of aromatic nitrogens is 2. The molecule has 0 unspecified atom stereocenters. The molecule has 0 aliphatic carbocycles. The molecular formula is C22H31ClN6O. The summed E-state index contributed by atoms with van der Waals surface area (Å²) in [4.78, 5) is 32.3. The minimum atomic E-state index is -0.203. The number of halogens is 1. The first-order valence-corrected chi connectivity index (χ1v) is 10.8. The number of carbonyl (C=O) groups excluding carboxylic acids is 1. The van der Waals surface area contributed by atoms with Gasteiger partial charge in [-0.15, -0.1) is 0 Å². The molecular weight excluding hydrogens is 400 g/mol. The van der Waals surface area contributed by atoms with Crippen molar-refractivity contribution in [1.82, 2.24) is 9.97 Å². The van der Waals surface area contributed by atoms with Crippen molar-refractivity contribution < 1.29 is 4.79 Å². The Morgan fingerprint density at radius 3 is 2.50 bits per heavy atom. The van der Waals surface area contributed by atoms with Crippen molar-refractivity contribution in [2.24, 2.45) is 4.99 Å². The largest absolute Gasteiger partial charge is 0.341 e. The maximum absolute atomic E-state index is 13.3. The van der Waals surface area contributed by atoms with Crippen LogP contribution in [0.25, 0.3) is 0 Å². The first-order chi connectivity index (χ1) is 14.5. The molecule has 2 aromatic rings. The third kappa shape index (κ3) is 5.69. The van der Waals surface area contributed by atoms with E-state index >= 15 is 0 Å². The van der Waals surface area contributed by atoms with Crippen LogP contribution in [0, 0.1) is 0 Å². The summed E-state index contributed by atoms with van der Waals surface area (Å²) < 4.78 is 0. The Morgan fingerprint density at radius 1 is 1.17 bits per heavy atom. The Hall–Kier alpha value is -2.67. The van der Waals surface area contributed by atoms with Gasteiger partial charge >= 0.3 is 6.03 Å². The van der Waals surface area contributed by atoms with Crippen LogP contribution < -0.4 is 14.7 Å². The third-order valence-corrected chi connectivity index (χ3v) is 4.97. The van der Waals surface area contributed by atoms with E-state index in [1.54, 1.807) is 35.2 Å². The Labute approximate surface area is 184 Å². The minimum Gasteiger partial charge on any atom is -0.341 e. The second-order valence-electron chi connectivity index (χ2n) is 6.72. The van der Waals surface area contributed by atoms with Crippen molar-refractivity contribution in [3.05, 3.63) is 35.5 Å². The van der Waals surface area contributed by atoms with E-state index in [0.717, 1.165) is 25.9 Å². The summed E-state index contributed by atoms with van der Waals surface area (Å²) in [6, 6.07) is 7.00. The smallest absolute Gasteiger partial charge is 0.328 e. The summed E-state index contributed by atoms with van der Waals surface area (Å²) in [6.07, 6.45) is 5.36. The second kappa shape index (κ2) is 11.5. The van der Waals surface area contributed by atoms with Crippen molar-refractivity contribution in [2.75, 3.05) is 41.4 Å². The fourth-order valence-electron chi connectivity index (χ4n) is 2.97. The van der Waals surface area contributed by atoms with Crippen LogP contribution in [0.15, 0.2) is 35.5 Å². The molecule has 7 nitrogen and oxygen atoms in total. The first-order valence-electron chi connectivity index (χ1n) is 10.4. The van der Waals surface area contributed by atoms with Crippen molar-refractivity contribution >= 4 is 47.0 Å². The number of carbonyl (C=O) groups is 1. The first kappa shape index (κ1) is 23.6. The number of urea groups is 1. The third-order valence-electron chi connectivity index (χ3n) is 4.74. The molecule has 2 amide bonds. The molecule has 1 aromatic heterocycles. The van der Waals surface area contributed by atoms with E-state index in [9.17, 15) is 4.79 Å². The van der Waals surface area contributed by atoms with Gasteiger partial charge in [0, 0.05) is 43.6 Å². The van der Waals surface area contributed by atoms with E-state index in [2.05, 4.69) is 40.6 Å². The molecule has 0 saturated carbocycles. The zero-order chi connectivity index (χ0) is 22.1. The topological polar surface area (TPSA) is 64.9 Å². The van der Waals surface area contributed by atoms with E-state index < -0.39 is 0 Å². The van der Waals surface area contributed by atoms with Gasteiger partial charge in [-0.25, -0.2) is 14.8 Å². The molecule has 0 fully saturated rings. The standard InChI is InChI=1S/C22H31ClN6O/c1-6-10-14-24-20-19(16-25-21(26-20)28(7-2)8-3)29(9-4)22(30)27(5)18-13-11-12-17(23)15-18/h11-16H,6-10H2,1-5H3. The maximum Gasteiger partial charge on any atom is 0.328 e. The van der Waals surface area contributed by atoms with E-state index in [-0.39, 0.29) is 6.03 Å². The molecule has 0 bridgehead atoms. The number of anilines is 3. The summed E-state index contributed by atoms with van der Waals surface area (Å²) in [7, 11) is 1.72. The van der Waals surface area contributed by atoms with Crippen molar-refractivity contribution in [1.29, 1.82) is 0 Å². The van der Waals surface area contributed by atoms with Crippen LogP contribution in [0.1, 0.15) is 40.5 Å². The normalized spacial score (nSPS) is 11.0. The van der Waals surface area contributed by atoms with Crippen LogP contribution in [0.2, 0.25) is 5.02 Å². The Balaban J connectivity index is 2.44. The van der Waals surface area contributed by atoms with E-state index in [1.807, 2.05) is 25.3 Å². The number of rotatable bonds is 9. The molecule has 0 spiro atoms. The average Bonchev–Trinajstić information content (AvgIpc) is 2.75. The second-order valence-corrected chi connectivity index (χ2v) is 7.15. The number of nitrogens with zero attached hydrogens (tertiary/aromatic N) is 6. The number of benzene rings is 1. The molecule has 0 radical (unpaired) electrons. The van der Waals surface area contributed by atoms with E-state index in [0.29, 0.717) is 34.7 Å². The van der Waals surface area contributed by atoms with Gasteiger partial charge in [0.1, 0.15) is 5.69 Å². The number of amides is 2. The van der Waals surface area contributed by atoms with Gasteiger partial charge in [0.05, 0.1) is 6.20 Å². The van der Waals surface area contributed by atoms with Crippen LogP contribution >= 0.6 is 11.6 Å². The fourth-order valence-corrected chi connectivity index (χ4v) is 3.15. The Morgan fingerprint density at radius 2 is 1.90 bits per heavy atom. The molecule has 30 heavy (non-hydrogen) atoms. The van der Waals surface area contributed by atoms with Crippen LogP contribution in [0.3, 0.4) is 0 Å². The van der Waals surface area contributed by atoms with Gasteiger partial charge < -0.3 is 4.90 Å². The fraction of sp³-hybridized carbons (Fsp3) is 0.455. The summed E-state index contributed by atoms with van der Waals surface area (Å²) in [5.74, 6) is 1.11. The lowest BCUT2D eigenvalue weighted by atomic mass is 10.3. The monoisotopic (exact) mass is 430 g/mol. The van der Waals surface area contributed by atoms with Crippen LogP contribution in [0.4, 0.5) is 27.9 Å². The molecule has 0 saturated heterocycles. The molecule has 8 heteroatoms. The molecule has 1 heterocycles. The van der Waals surface area contributed by atoms with Gasteiger partial charge in [0.15, 0.2) is 5.82 Å². The molecule has 0 N–H and O–H groups in total. The van der Waals surface area contributed by atoms with Gasteiger partial charge in [0.2, 0.25) is 5.95 Å². The highest BCUT2D eigenvalue weighted by Gasteiger charge is 2.24. The molecule has 162 valence electrons. The Bertz CT molecular complexity index is 868. The van der Waals surface area contributed by atoms with Crippen molar-refractivity contribution in [3.63, 3.8) is 0 Å². The van der Waals surface area contributed by atoms with E-state index in [1.165, 1.54) is 0 Å². The molecule has 2 rings (SSSR count). The van der Waals surface area contributed by atoms with Crippen molar-refractivity contribution in [2.45, 2.75) is 40.5 Å². The summed E-state index contributed by atoms with van der Waals surface area (Å²) in [5.41, 5.74) is 1.29. The van der Waals surface area contributed by atoms with Gasteiger partial charge in [-0.2, -0.15) is 4.98 Å². The molecule has 1 aromatic carbocycles. The summed E-state index contributed by atoms with van der Waals surface area (Å²) >= 11 is 6.10. The molecule has 0 aliphatic rings. The summed E-state index contributed by atoms with van der Waals surface area (Å²) in [6.45, 7) is 10.2. The zero-order valence-corrected chi connectivity index (χ0v) is 19.2. The highest BCUT2D eigenvalue weighted by atomic mass is 35.5. The lowest BCUT2D eigenvalue weighted by Crippen LogP contribution is -2.41. The lowest BCUT2D eigenvalue weighted by Gasteiger charge is -2.28. The highest BCUT2D eigenvalue weighted by Crippen LogP contribution is 2.30. The number of unbranched alkanes of at least 4 members (excludes halogenated alkanes) is 1. The lowest BCUT2D eigenvalue weighted by molar-refractivity contribution is 0.253. The van der Waals surface area contributed by atoms with Gasteiger partial charge in [0.25, 0.3) is 0 Å². The minimum absolute atomic E-state index is 0.203. The number of aliphatic imine (C=N–C) groups is 1. The predicted molar refractivity (Wildman–Crippen MR) is 127 cm³/mol. The SMILES string of the molecule is CCCC=Nc1nc(N(CC)CC)ncc1N(CC)C(=O)N(C)c1cccc(Cl)c1. The van der Waals surface area contributed by atoms with Crippen LogP contribution in [0.5, 0.6) is 0 Å². The molecule has 0 aliphatic heterocycles. The number of hydrogen-bond donors (Lipinski definition) is 0. The van der Waals surface area contributed by atoms with Crippen LogP contribution in [-0.4, -0.2) is 48.9 Å².